The van der Waals surface area contributed by atoms with E-state index in [1.165, 1.54) is 0 Å². The van der Waals surface area contributed by atoms with Crippen LogP contribution in [0.3, 0.4) is 0 Å². The van der Waals surface area contributed by atoms with Gasteiger partial charge in [0.15, 0.2) is 0 Å². The number of nitrogens with one attached hydrogen (secondary N) is 1. The van der Waals surface area contributed by atoms with Crippen LogP contribution in [0.5, 0.6) is 5.75 Å². The van der Waals surface area contributed by atoms with Crippen LogP contribution in [0.15, 0.2) is 72.9 Å². The Morgan fingerprint density at radius 1 is 1.11 bits per heavy atom. The molecule has 8 heteroatoms. The van der Waals surface area contributed by atoms with Gasteiger partial charge in [-0.1, -0.05) is 24.3 Å². The highest BCUT2D eigenvalue weighted by molar-refractivity contribution is 5.94. The van der Waals surface area contributed by atoms with Crippen molar-refractivity contribution in [2.45, 2.75) is 18.8 Å². The molecular weight excluding hydrogens is 478 g/mol. The van der Waals surface area contributed by atoms with E-state index in [1.807, 2.05) is 66.5 Å². The van der Waals surface area contributed by atoms with Crippen LogP contribution < -0.4 is 10.1 Å². The van der Waals surface area contributed by atoms with Gasteiger partial charge in [-0.3, -0.25) is 9.59 Å². The van der Waals surface area contributed by atoms with Crippen LogP contribution in [-0.4, -0.2) is 72.8 Å². The summed E-state index contributed by atoms with van der Waals surface area (Å²) in [5.41, 5.74) is 4.73. The van der Waals surface area contributed by atoms with E-state index in [2.05, 4.69) is 28.0 Å². The van der Waals surface area contributed by atoms with Gasteiger partial charge in [0, 0.05) is 63.2 Å². The van der Waals surface area contributed by atoms with E-state index < -0.39 is 0 Å². The molecule has 1 aliphatic rings. The van der Waals surface area contributed by atoms with Crippen LogP contribution in [-0.2, 0) is 4.79 Å². The molecule has 2 aromatic heterocycles. The highest BCUT2D eigenvalue weighted by Gasteiger charge is 2.25. The van der Waals surface area contributed by atoms with Gasteiger partial charge < -0.3 is 24.3 Å². The van der Waals surface area contributed by atoms with Crippen molar-refractivity contribution >= 4 is 23.5 Å². The predicted molar refractivity (Wildman–Crippen MR) is 151 cm³/mol. The highest BCUT2D eigenvalue weighted by Crippen LogP contribution is 2.32. The molecule has 1 aliphatic heterocycles. The lowest BCUT2D eigenvalue weighted by molar-refractivity contribution is -0.119. The minimum absolute atomic E-state index is 0.0251. The van der Waals surface area contributed by atoms with E-state index in [1.54, 1.807) is 26.1 Å². The summed E-state index contributed by atoms with van der Waals surface area (Å²) in [4.78, 5) is 31.1. The first-order chi connectivity index (χ1) is 18.4. The van der Waals surface area contributed by atoms with Crippen molar-refractivity contribution in [1.29, 1.82) is 0 Å². The Labute approximate surface area is 223 Å². The number of benzene rings is 2. The normalized spacial score (nSPS) is 14.8. The zero-order chi connectivity index (χ0) is 27.1. The third-order valence-corrected chi connectivity index (χ3v) is 6.69. The molecule has 0 saturated carbocycles. The number of rotatable bonds is 6. The number of carbonyl (C=O) groups excluding carboxylic acids is 2. The van der Waals surface area contributed by atoms with Gasteiger partial charge in [0.05, 0.1) is 18.3 Å². The van der Waals surface area contributed by atoms with Gasteiger partial charge in [-0.2, -0.15) is 0 Å². The number of methoxy groups -OCH3 is 1. The third-order valence-electron chi connectivity index (χ3n) is 6.69. The van der Waals surface area contributed by atoms with E-state index in [0.717, 1.165) is 66.4 Å². The fourth-order valence-corrected chi connectivity index (χ4v) is 4.71. The molecule has 1 fully saturated rings. The van der Waals surface area contributed by atoms with E-state index in [4.69, 9.17) is 9.72 Å². The van der Waals surface area contributed by atoms with Gasteiger partial charge >= 0.3 is 0 Å². The maximum absolute atomic E-state index is 11.5. The first kappa shape index (κ1) is 26.7. The fourth-order valence-electron chi connectivity index (χ4n) is 4.71. The van der Waals surface area contributed by atoms with Crippen LogP contribution in [0.4, 0.5) is 5.69 Å². The minimum Gasteiger partial charge on any atom is -0.497 e. The number of imidazole rings is 1. The molecule has 0 radical (unpaired) electrons. The molecule has 0 spiro atoms. The van der Waals surface area contributed by atoms with Crippen molar-refractivity contribution in [2.75, 3.05) is 46.7 Å². The van der Waals surface area contributed by atoms with Crippen LogP contribution in [0, 0.1) is 0 Å². The molecule has 2 aromatic carbocycles. The summed E-state index contributed by atoms with van der Waals surface area (Å²) in [6, 6.07) is 21.6. The molecule has 1 N–H and O–H groups in total. The summed E-state index contributed by atoms with van der Waals surface area (Å²) < 4.78 is 7.52. The number of likely N-dealkylation sites (tertiary alicyclic amines) is 1. The molecule has 0 bridgehead atoms. The Morgan fingerprint density at radius 3 is 2.66 bits per heavy atom. The smallest absolute Gasteiger partial charge is 0.253 e. The molecule has 1 unspecified atom stereocenters. The molecule has 0 aliphatic carbocycles. The molecule has 38 heavy (non-hydrogen) atoms. The number of hydrogen-bond donors (Lipinski definition) is 1. The summed E-state index contributed by atoms with van der Waals surface area (Å²) in [5.74, 6) is 2.13. The molecule has 5 rings (SSSR count). The van der Waals surface area contributed by atoms with Gasteiger partial charge in [-0.25, -0.2) is 4.98 Å². The average molecular weight is 514 g/mol. The molecule has 3 heterocycles. The first-order valence-electron chi connectivity index (χ1n) is 12.8. The minimum atomic E-state index is 0.0251. The Morgan fingerprint density at radius 2 is 1.92 bits per heavy atom. The largest absolute Gasteiger partial charge is 0.497 e. The number of hydrogen-bond acceptors (Lipinski definition) is 5. The molecule has 1 atom stereocenters. The lowest BCUT2D eigenvalue weighted by atomic mass is 9.97. The van der Waals surface area contributed by atoms with Crippen LogP contribution in [0.2, 0.25) is 0 Å². The number of ether oxygens (including phenoxy) is 1. The topological polar surface area (TPSA) is 79.2 Å². The number of fused-ring (bicyclic) bond motifs is 1. The van der Waals surface area contributed by atoms with Gasteiger partial charge in [0.2, 0.25) is 6.41 Å². The number of piperidine rings is 1. The first-order valence-corrected chi connectivity index (χ1v) is 12.8. The number of nitrogens with zero attached hydrogens (tertiary/aromatic N) is 4. The van der Waals surface area contributed by atoms with Gasteiger partial charge in [0.1, 0.15) is 11.6 Å². The maximum Gasteiger partial charge on any atom is 0.253 e. The van der Waals surface area contributed by atoms with Crippen molar-refractivity contribution in [1.82, 2.24) is 19.2 Å². The lowest BCUT2D eigenvalue weighted by Crippen LogP contribution is -2.33. The molecular formula is C30H35N5O3. The zero-order valence-corrected chi connectivity index (χ0v) is 22.4. The van der Waals surface area contributed by atoms with E-state index in [9.17, 15) is 9.59 Å². The number of aromatic nitrogens is 2. The second-order valence-corrected chi connectivity index (χ2v) is 9.48. The summed E-state index contributed by atoms with van der Waals surface area (Å²) in [7, 11) is 6.99. The lowest BCUT2D eigenvalue weighted by Gasteiger charge is -2.29. The molecule has 8 nitrogen and oxygen atoms in total. The molecule has 1 saturated heterocycles. The number of anilines is 1. The van der Waals surface area contributed by atoms with Gasteiger partial charge in [-0.15, -0.1) is 0 Å². The highest BCUT2D eigenvalue weighted by atomic mass is 16.5. The molecule has 4 aromatic rings. The monoisotopic (exact) mass is 513 g/mol. The second-order valence-electron chi connectivity index (χ2n) is 9.48. The van der Waals surface area contributed by atoms with Crippen molar-refractivity contribution in [3.05, 3.63) is 84.3 Å². The third kappa shape index (κ3) is 5.96. The zero-order valence-electron chi connectivity index (χ0n) is 22.4. The Balaban J connectivity index is 0.000000219. The summed E-state index contributed by atoms with van der Waals surface area (Å²) in [6.45, 7) is 1.57. The SMILES string of the molecule is CNc1cccc(C(=O)N(C)C)c1.COc1cccc(-c2nc(C3CCCN(C=O)C3)n3ccccc23)c1. The van der Waals surface area contributed by atoms with E-state index >= 15 is 0 Å². The van der Waals surface area contributed by atoms with Crippen LogP contribution in [0.25, 0.3) is 16.8 Å². The van der Waals surface area contributed by atoms with Gasteiger partial charge in [-0.05, 0) is 55.3 Å². The van der Waals surface area contributed by atoms with Crippen molar-refractivity contribution in [2.24, 2.45) is 0 Å². The van der Waals surface area contributed by atoms with E-state index in [-0.39, 0.29) is 11.8 Å². The van der Waals surface area contributed by atoms with Crippen molar-refractivity contribution in [3.63, 3.8) is 0 Å². The van der Waals surface area contributed by atoms with Gasteiger partial charge in [0.25, 0.3) is 5.91 Å². The fraction of sp³-hybridized carbons (Fsp3) is 0.300. The predicted octanol–water partition coefficient (Wildman–Crippen LogP) is 4.78. The molecule has 198 valence electrons. The van der Waals surface area contributed by atoms with Crippen LogP contribution in [0.1, 0.15) is 34.9 Å². The summed E-state index contributed by atoms with van der Waals surface area (Å²) in [5, 5.41) is 2.99. The van der Waals surface area contributed by atoms with Crippen molar-refractivity contribution in [3.8, 4) is 17.0 Å². The Kier molecular flexibility index (Phi) is 8.63. The maximum atomic E-state index is 11.5. The standard InChI is InChI=1S/C20H21N3O2.C10H14N2O/c1-25-17-8-4-6-15(12-17)19-18-9-2-3-11-23(18)20(21-19)16-7-5-10-22(13-16)14-24;1-11-9-6-4-5-8(7-9)10(13)12(2)3/h2-4,6,8-9,11-12,14,16H,5,7,10,13H2,1H3;4-7,11H,1-3H3. The number of carbonyl (C=O) groups is 2. The van der Waals surface area contributed by atoms with Crippen LogP contribution >= 0.6 is 0 Å². The number of amides is 2. The summed E-state index contributed by atoms with van der Waals surface area (Å²) in [6.07, 6.45) is 5.07. The quantitative estimate of drug-likeness (QED) is 0.376. The number of pyridine rings is 1. The summed E-state index contributed by atoms with van der Waals surface area (Å²) >= 11 is 0. The Bertz CT molecular complexity index is 1400. The Hall–Kier alpha value is -4.33. The molecule has 2 amide bonds. The van der Waals surface area contributed by atoms with E-state index in [0.29, 0.717) is 5.56 Å². The average Bonchev–Trinajstić information content (AvgIpc) is 3.37. The van der Waals surface area contributed by atoms with Crippen molar-refractivity contribution < 1.29 is 14.3 Å². The second kappa shape index (κ2) is 12.3.